The van der Waals surface area contributed by atoms with Crippen LogP contribution in [0.4, 0.5) is 20.6 Å². The number of nitrogens with zero attached hydrogens (tertiary/aromatic N) is 2. The molecule has 2 fully saturated rings. The zero-order valence-corrected chi connectivity index (χ0v) is 14.2. The average Bonchev–Trinajstić information content (AvgIpc) is 3.08. The Kier molecular flexibility index (Phi) is 4.80. The van der Waals surface area contributed by atoms with Crippen molar-refractivity contribution in [2.24, 2.45) is 5.92 Å². The van der Waals surface area contributed by atoms with Crippen molar-refractivity contribution in [2.75, 3.05) is 36.0 Å². The first-order valence-electron chi connectivity index (χ1n) is 8.30. The lowest BCUT2D eigenvalue weighted by molar-refractivity contribution is -0.119. The van der Waals surface area contributed by atoms with Crippen molar-refractivity contribution in [2.45, 2.75) is 26.1 Å². The Balaban J connectivity index is 1.70. The van der Waals surface area contributed by atoms with Crippen LogP contribution in [0, 0.1) is 11.7 Å². The number of benzene rings is 1. The summed E-state index contributed by atoms with van der Waals surface area (Å²) < 4.78 is 19.7. The van der Waals surface area contributed by atoms with E-state index in [4.69, 9.17) is 4.74 Å². The summed E-state index contributed by atoms with van der Waals surface area (Å²) in [6, 6.07) is 4.58. The molecule has 0 bridgehead atoms. The van der Waals surface area contributed by atoms with E-state index in [0.717, 1.165) is 0 Å². The summed E-state index contributed by atoms with van der Waals surface area (Å²) in [5, 5.41) is 12.4. The fourth-order valence-electron chi connectivity index (χ4n) is 3.16. The van der Waals surface area contributed by atoms with Gasteiger partial charge in [0.1, 0.15) is 11.9 Å². The third kappa shape index (κ3) is 3.68. The van der Waals surface area contributed by atoms with Gasteiger partial charge in [0.2, 0.25) is 5.91 Å². The summed E-state index contributed by atoms with van der Waals surface area (Å²) in [5.41, 5.74) is 0.818. The van der Waals surface area contributed by atoms with Crippen LogP contribution in [0.1, 0.15) is 13.8 Å². The molecule has 3 atom stereocenters. The minimum atomic E-state index is -0.562. The number of halogens is 1. The fraction of sp³-hybridized carbons (Fsp3) is 0.529. The molecule has 136 valence electrons. The Morgan fingerprint density at radius 3 is 2.76 bits per heavy atom. The van der Waals surface area contributed by atoms with Gasteiger partial charge in [0.15, 0.2) is 0 Å². The first-order chi connectivity index (χ1) is 11.8. The van der Waals surface area contributed by atoms with E-state index in [1.165, 1.54) is 17.9 Å². The molecule has 2 aliphatic rings. The quantitative estimate of drug-likeness (QED) is 0.849. The van der Waals surface area contributed by atoms with Crippen LogP contribution in [0.25, 0.3) is 0 Å². The fourth-order valence-corrected chi connectivity index (χ4v) is 3.16. The van der Waals surface area contributed by atoms with Gasteiger partial charge in [0.05, 0.1) is 30.6 Å². The number of rotatable bonds is 4. The summed E-state index contributed by atoms with van der Waals surface area (Å²) in [4.78, 5) is 26.1. The van der Waals surface area contributed by atoms with Crippen LogP contribution in [-0.2, 0) is 9.53 Å². The van der Waals surface area contributed by atoms with Crippen LogP contribution in [-0.4, -0.2) is 55.5 Å². The summed E-state index contributed by atoms with van der Waals surface area (Å²) in [6.07, 6.45) is -1.50. The van der Waals surface area contributed by atoms with E-state index in [9.17, 15) is 19.1 Å². The molecule has 0 saturated carbocycles. The molecule has 2 saturated heterocycles. The third-order valence-corrected chi connectivity index (χ3v) is 4.61. The van der Waals surface area contributed by atoms with Gasteiger partial charge >= 0.3 is 6.09 Å². The smallest absolute Gasteiger partial charge is 0.414 e. The van der Waals surface area contributed by atoms with Crippen LogP contribution in [0.5, 0.6) is 0 Å². The molecule has 2 aliphatic heterocycles. The molecular weight excluding hydrogens is 329 g/mol. The molecule has 2 N–H and O–H groups in total. The minimum Gasteiger partial charge on any atom is -0.442 e. The first-order valence-corrected chi connectivity index (χ1v) is 8.30. The number of aliphatic hydroxyl groups is 1. The Labute approximate surface area is 145 Å². The van der Waals surface area contributed by atoms with Gasteiger partial charge in [-0.3, -0.25) is 9.69 Å². The number of aliphatic hydroxyl groups excluding tert-OH is 1. The second-order valence-electron chi connectivity index (χ2n) is 6.64. The van der Waals surface area contributed by atoms with E-state index in [1.54, 1.807) is 17.0 Å². The van der Waals surface area contributed by atoms with Crippen molar-refractivity contribution >= 4 is 23.4 Å². The van der Waals surface area contributed by atoms with Gasteiger partial charge in [-0.25, -0.2) is 9.18 Å². The van der Waals surface area contributed by atoms with Gasteiger partial charge in [-0.1, -0.05) is 6.92 Å². The van der Waals surface area contributed by atoms with E-state index in [0.29, 0.717) is 24.5 Å². The topological polar surface area (TPSA) is 82.1 Å². The van der Waals surface area contributed by atoms with E-state index in [1.807, 2.05) is 6.92 Å². The van der Waals surface area contributed by atoms with Crippen LogP contribution in [0.3, 0.4) is 0 Å². The molecule has 0 spiro atoms. The molecule has 1 aromatic rings. The third-order valence-electron chi connectivity index (χ3n) is 4.61. The Bertz CT molecular complexity index is 674. The lowest BCUT2D eigenvalue weighted by Crippen LogP contribution is -2.33. The highest BCUT2D eigenvalue weighted by molar-refractivity contribution is 5.90. The Morgan fingerprint density at radius 2 is 2.16 bits per heavy atom. The summed E-state index contributed by atoms with van der Waals surface area (Å²) >= 11 is 0. The lowest BCUT2D eigenvalue weighted by atomic mass is 10.1. The van der Waals surface area contributed by atoms with E-state index < -0.39 is 24.1 Å². The van der Waals surface area contributed by atoms with Crippen LogP contribution in [0.15, 0.2) is 18.2 Å². The lowest BCUT2D eigenvalue weighted by Gasteiger charge is -2.20. The molecule has 25 heavy (non-hydrogen) atoms. The van der Waals surface area contributed by atoms with Crippen LogP contribution >= 0.6 is 0 Å². The number of amides is 2. The van der Waals surface area contributed by atoms with Gasteiger partial charge in [-0.05, 0) is 18.2 Å². The molecule has 0 aliphatic carbocycles. The van der Waals surface area contributed by atoms with Crippen molar-refractivity contribution in [3.8, 4) is 0 Å². The minimum absolute atomic E-state index is 0.0853. The van der Waals surface area contributed by atoms with Crippen LogP contribution < -0.4 is 15.1 Å². The average molecular weight is 351 g/mol. The molecule has 0 radical (unpaired) electrons. The molecule has 2 amide bonds. The maximum atomic E-state index is 14.5. The zero-order chi connectivity index (χ0) is 18.1. The van der Waals surface area contributed by atoms with Gasteiger partial charge in [-0.2, -0.15) is 0 Å². The van der Waals surface area contributed by atoms with Crippen molar-refractivity contribution in [3.05, 3.63) is 24.0 Å². The largest absolute Gasteiger partial charge is 0.442 e. The van der Waals surface area contributed by atoms with Crippen molar-refractivity contribution in [1.82, 2.24) is 5.32 Å². The Hall–Kier alpha value is -2.35. The van der Waals surface area contributed by atoms with E-state index in [2.05, 4.69) is 5.32 Å². The number of carbonyl (C=O) groups excluding carboxylic acids is 2. The number of carbonyl (C=O) groups is 2. The second-order valence-corrected chi connectivity index (χ2v) is 6.64. The first kappa shape index (κ1) is 17.5. The summed E-state index contributed by atoms with van der Waals surface area (Å²) in [6.45, 7) is 4.76. The summed E-state index contributed by atoms with van der Waals surface area (Å²) in [7, 11) is 0. The van der Waals surface area contributed by atoms with Gasteiger partial charge in [-0.15, -0.1) is 0 Å². The number of anilines is 2. The van der Waals surface area contributed by atoms with Crippen LogP contribution in [0.2, 0.25) is 0 Å². The molecule has 7 nitrogen and oxygen atoms in total. The maximum absolute atomic E-state index is 14.5. The Morgan fingerprint density at radius 1 is 1.40 bits per heavy atom. The van der Waals surface area contributed by atoms with Gasteiger partial charge in [0.25, 0.3) is 0 Å². The maximum Gasteiger partial charge on any atom is 0.414 e. The van der Waals surface area contributed by atoms with Crippen molar-refractivity contribution < 1.29 is 23.8 Å². The number of β-amino-alcohol motifs (C(OH)–C–C–N with tert-alkyl or cyclic N) is 1. The molecule has 2 heterocycles. The number of nitrogens with one attached hydrogen (secondary N) is 1. The van der Waals surface area contributed by atoms with Gasteiger partial charge in [0, 0.05) is 25.9 Å². The summed E-state index contributed by atoms with van der Waals surface area (Å²) in [5.74, 6) is -0.564. The zero-order valence-electron chi connectivity index (χ0n) is 14.2. The molecule has 0 aromatic heterocycles. The van der Waals surface area contributed by atoms with Crippen molar-refractivity contribution in [3.63, 3.8) is 0 Å². The highest BCUT2D eigenvalue weighted by Crippen LogP contribution is 2.30. The number of hydrogen-bond donors (Lipinski definition) is 2. The number of hydrogen-bond acceptors (Lipinski definition) is 5. The number of cyclic esters (lactones) is 1. The second kappa shape index (κ2) is 6.87. The van der Waals surface area contributed by atoms with Crippen molar-refractivity contribution in [1.29, 1.82) is 0 Å². The SMILES string of the molecule is CC(=O)NC[C@H]1CN(c2ccc(N3C[C@@H](C)[C@@H](O)C3)c(F)c2)C(=O)O1. The normalized spacial score (nSPS) is 26.1. The standard InChI is InChI=1S/C17H22FN3O4/c1-10-7-20(9-16(10)23)15-4-3-12(5-14(15)18)21-8-13(25-17(21)24)6-19-11(2)22/h3-5,10,13,16,23H,6-9H2,1-2H3,(H,19,22)/t10-,13+,16+/m1/s1. The molecule has 3 rings (SSSR count). The number of ether oxygens (including phenoxy) is 1. The molecular formula is C17H22FN3O4. The predicted molar refractivity (Wildman–Crippen MR) is 90.1 cm³/mol. The molecule has 1 aromatic carbocycles. The molecule has 8 heteroatoms. The predicted octanol–water partition coefficient (Wildman–Crippen LogP) is 1.10. The van der Waals surface area contributed by atoms with E-state index in [-0.39, 0.29) is 24.9 Å². The monoisotopic (exact) mass is 351 g/mol. The van der Waals surface area contributed by atoms with E-state index >= 15 is 0 Å². The highest BCUT2D eigenvalue weighted by Gasteiger charge is 2.34. The highest BCUT2D eigenvalue weighted by atomic mass is 19.1. The van der Waals surface area contributed by atoms with Gasteiger partial charge < -0.3 is 20.1 Å². The molecule has 0 unspecified atom stereocenters.